The van der Waals surface area contributed by atoms with E-state index < -0.39 is 12.3 Å². The Morgan fingerprint density at radius 3 is 3.16 bits per heavy atom. The summed E-state index contributed by atoms with van der Waals surface area (Å²) in [5.41, 5.74) is 1.18. The molecular formula is C12H12ClN3O3. The van der Waals surface area contributed by atoms with Crippen molar-refractivity contribution in [1.82, 2.24) is 9.88 Å². The number of carbonyl (C=O) groups is 1. The van der Waals surface area contributed by atoms with Gasteiger partial charge in [0, 0.05) is 18.5 Å². The van der Waals surface area contributed by atoms with Gasteiger partial charge < -0.3 is 9.84 Å². The number of ether oxygens (including phenoxy) is 1. The highest BCUT2D eigenvalue weighted by Gasteiger charge is 2.31. The molecule has 1 aliphatic rings. The number of nitrogens with zero attached hydrogens (tertiary/aromatic N) is 3. The highest BCUT2D eigenvalue weighted by Crippen LogP contribution is 2.29. The SMILES string of the molecule is CCOC(=O)N1CCc2nc(Cl)c(C#N)cc2C1O. The van der Waals surface area contributed by atoms with Crippen LogP contribution in [0.3, 0.4) is 0 Å². The predicted molar refractivity (Wildman–Crippen MR) is 66.4 cm³/mol. The van der Waals surface area contributed by atoms with Gasteiger partial charge in [0.1, 0.15) is 11.2 Å². The first kappa shape index (κ1) is 13.6. The van der Waals surface area contributed by atoms with Crippen molar-refractivity contribution in [2.75, 3.05) is 13.2 Å². The van der Waals surface area contributed by atoms with E-state index in [1.54, 1.807) is 6.92 Å². The fraction of sp³-hybridized carbons (Fsp3) is 0.417. The second kappa shape index (κ2) is 5.43. The molecule has 1 aromatic heterocycles. The molecule has 1 aliphatic heterocycles. The third-order valence-corrected chi connectivity index (χ3v) is 3.16. The summed E-state index contributed by atoms with van der Waals surface area (Å²) in [4.78, 5) is 16.9. The standard InChI is InChI=1S/C12H12ClN3O3/c1-2-19-12(18)16-4-3-9-8(11(16)17)5-7(6-14)10(13)15-9/h5,11,17H,2-4H2,1H3. The molecule has 0 saturated carbocycles. The highest BCUT2D eigenvalue weighted by molar-refractivity contribution is 6.30. The van der Waals surface area contributed by atoms with Crippen molar-refractivity contribution in [3.63, 3.8) is 0 Å². The molecule has 1 N–H and O–H groups in total. The summed E-state index contributed by atoms with van der Waals surface area (Å²) < 4.78 is 4.86. The van der Waals surface area contributed by atoms with Crippen LogP contribution in [0, 0.1) is 11.3 Å². The van der Waals surface area contributed by atoms with Gasteiger partial charge >= 0.3 is 6.09 Å². The molecule has 0 bridgehead atoms. The Balaban J connectivity index is 2.35. The maximum Gasteiger partial charge on any atom is 0.412 e. The van der Waals surface area contributed by atoms with Gasteiger partial charge in [-0.2, -0.15) is 5.26 Å². The molecule has 1 amide bonds. The number of rotatable bonds is 1. The van der Waals surface area contributed by atoms with Gasteiger partial charge in [0.05, 0.1) is 17.9 Å². The number of carbonyl (C=O) groups excluding carboxylic acids is 1. The van der Waals surface area contributed by atoms with E-state index in [-0.39, 0.29) is 17.3 Å². The molecule has 2 heterocycles. The van der Waals surface area contributed by atoms with Crippen LogP contribution in [-0.2, 0) is 11.2 Å². The third-order valence-electron chi connectivity index (χ3n) is 2.87. The Bertz CT molecular complexity index is 556. The summed E-state index contributed by atoms with van der Waals surface area (Å²) >= 11 is 5.84. The van der Waals surface area contributed by atoms with Crippen LogP contribution in [0.25, 0.3) is 0 Å². The van der Waals surface area contributed by atoms with Gasteiger partial charge in [-0.05, 0) is 13.0 Å². The number of fused-ring (bicyclic) bond motifs is 1. The first-order valence-corrected chi connectivity index (χ1v) is 6.17. The van der Waals surface area contributed by atoms with Crippen LogP contribution in [0.1, 0.15) is 30.0 Å². The van der Waals surface area contributed by atoms with E-state index in [0.717, 1.165) is 0 Å². The number of hydrogen-bond donors (Lipinski definition) is 1. The van der Waals surface area contributed by atoms with Gasteiger partial charge in [-0.1, -0.05) is 11.6 Å². The van der Waals surface area contributed by atoms with E-state index in [1.165, 1.54) is 11.0 Å². The summed E-state index contributed by atoms with van der Waals surface area (Å²) in [5.74, 6) is 0. The zero-order valence-corrected chi connectivity index (χ0v) is 11.0. The van der Waals surface area contributed by atoms with Crippen LogP contribution in [0.15, 0.2) is 6.07 Å². The minimum atomic E-state index is -1.17. The van der Waals surface area contributed by atoms with Gasteiger partial charge in [0.15, 0.2) is 6.23 Å². The van der Waals surface area contributed by atoms with Gasteiger partial charge in [-0.3, -0.25) is 4.90 Å². The predicted octanol–water partition coefficient (Wildman–Crippen LogP) is 1.61. The molecule has 0 radical (unpaired) electrons. The van der Waals surface area contributed by atoms with Crippen molar-refractivity contribution in [1.29, 1.82) is 5.26 Å². The van der Waals surface area contributed by atoms with E-state index in [0.29, 0.717) is 24.2 Å². The molecule has 0 fully saturated rings. The van der Waals surface area contributed by atoms with E-state index in [2.05, 4.69) is 4.98 Å². The van der Waals surface area contributed by atoms with Gasteiger partial charge in [0.25, 0.3) is 0 Å². The molecule has 0 aliphatic carbocycles. The van der Waals surface area contributed by atoms with Crippen molar-refractivity contribution in [2.45, 2.75) is 19.6 Å². The molecule has 19 heavy (non-hydrogen) atoms. The minimum absolute atomic E-state index is 0.109. The molecular weight excluding hydrogens is 270 g/mol. The third kappa shape index (κ3) is 2.48. The number of aromatic nitrogens is 1. The van der Waals surface area contributed by atoms with Crippen molar-refractivity contribution in [2.24, 2.45) is 0 Å². The van der Waals surface area contributed by atoms with Crippen molar-refractivity contribution in [3.8, 4) is 6.07 Å². The molecule has 0 spiro atoms. The smallest absolute Gasteiger partial charge is 0.412 e. The zero-order valence-electron chi connectivity index (χ0n) is 10.3. The fourth-order valence-electron chi connectivity index (χ4n) is 1.96. The van der Waals surface area contributed by atoms with Crippen molar-refractivity contribution in [3.05, 3.63) is 28.0 Å². The first-order chi connectivity index (χ1) is 9.08. The molecule has 2 rings (SSSR count). The van der Waals surface area contributed by atoms with E-state index in [9.17, 15) is 9.90 Å². The highest BCUT2D eigenvalue weighted by atomic mass is 35.5. The average molecular weight is 282 g/mol. The summed E-state index contributed by atoms with van der Waals surface area (Å²) in [6, 6.07) is 3.35. The van der Waals surface area contributed by atoms with Crippen LogP contribution >= 0.6 is 11.6 Å². The molecule has 1 atom stereocenters. The van der Waals surface area contributed by atoms with Gasteiger partial charge in [0.2, 0.25) is 0 Å². The monoisotopic (exact) mass is 281 g/mol. The number of hydrogen-bond acceptors (Lipinski definition) is 5. The van der Waals surface area contributed by atoms with Crippen molar-refractivity contribution < 1.29 is 14.6 Å². The topological polar surface area (TPSA) is 86.5 Å². The fourth-order valence-corrected chi connectivity index (χ4v) is 2.16. The molecule has 100 valence electrons. The Morgan fingerprint density at radius 2 is 2.53 bits per heavy atom. The summed E-state index contributed by atoms with van der Waals surface area (Å²) in [7, 11) is 0. The minimum Gasteiger partial charge on any atom is -0.450 e. The van der Waals surface area contributed by atoms with Crippen molar-refractivity contribution >= 4 is 17.7 Å². The number of aliphatic hydroxyl groups is 1. The molecule has 0 aromatic carbocycles. The summed E-state index contributed by atoms with van der Waals surface area (Å²) in [6.07, 6.45) is -1.30. The van der Waals surface area contributed by atoms with E-state index in [4.69, 9.17) is 21.6 Å². The maximum atomic E-state index is 11.7. The Morgan fingerprint density at radius 1 is 1.79 bits per heavy atom. The Kier molecular flexibility index (Phi) is 3.88. The molecule has 0 saturated heterocycles. The van der Waals surface area contributed by atoms with Gasteiger partial charge in [-0.15, -0.1) is 0 Å². The molecule has 1 aromatic rings. The van der Waals surface area contributed by atoms with E-state index in [1.807, 2.05) is 6.07 Å². The van der Waals surface area contributed by atoms with Crippen LogP contribution in [-0.4, -0.2) is 34.2 Å². The number of halogens is 1. The number of nitriles is 1. The lowest BCUT2D eigenvalue weighted by Crippen LogP contribution is -2.40. The van der Waals surface area contributed by atoms with Crippen LogP contribution < -0.4 is 0 Å². The lowest BCUT2D eigenvalue weighted by Gasteiger charge is -2.32. The van der Waals surface area contributed by atoms with E-state index >= 15 is 0 Å². The average Bonchev–Trinajstić information content (AvgIpc) is 2.38. The zero-order chi connectivity index (χ0) is 14.0. The molecule has 6 nitrogen and oxygen atoms in total. The summed E-state index contributed by atoms with van der Waals surface area (Å²) in [6.45, 7) is 2.22. The largest absolute Gasteiger partial charge is 0.450 e. The number of pyridine rings is 1. The molecule has 7 heteroatoms. The second-order valence-electron chi connectivity index (χ2n) is 3.99. The number of aliphatic hydroxyl groups excluding tert-OH is 1. The van der Waals surface area contributed by atoms with Crippen LogP contribution in [0.5, 0.6) is 0 Å². The lowest BCUT2D eigenvalue weighted by molar-refractivity contribution is -0.00748. The first-order valence-electron chi connectivity index (χ1n) is 5.79. The molecule has 1 unspecified atom stereocenters. The summed E-state index contributed by atoms with van der Waals surface area (Å²) in [5, 5.41) is 19.2. The van der Waals surface area contributed by atoms with Crippen LogP contribution in [0.4, 0.5) is 4.79 Å². The van der Waals surface area contributed by atoms with Gasteiger partial charge in [-0.25, -0.2) is 9.78 Å². The quantitative estimate of drug-likeness (QED) is 0.790. The lowest BCUT2D eigenvalue weighted by atomic mass is 10.0. The maximum absolute atomic E-state index is 11.7. The Labute approximate surface area is 115 Å². The second-order valence-corrected chi connectivity index (χ2v) is 4.35. The number of amides is 1. The normalized spacial score (nSPS) is 17.6. The van der Waals surface area contributed by atoms with Crippen LogP contribution in [0.2, 0.25) is 5.15 Å². The Hall–Kier alpha value is -1.84.